The quantitative estimate of drug-likeness (QED) is 0.540. The smallest absolute Gasteiger partial charge is 0.0572 e. The number of unbranched alkanes of at least 4 members (excludes halogenated alkanes) is 1. The molecule has 2 saturated carbocycles. The molecule has 0 saturated heterocycles. The van der Waals surface area contributed by atoms with E-state index in [2.05, 4.69) is 13.8 Å². The van der Waals surface area contributed by atoms with E-state index in [1.807, 2.05) is 0 Å². The zero-order valence-corrected chi connectivity index (χ0v) is 12.5. The summed E-state index contributed by atoms with van der Waals surface area (Å²) in [4.78, 5) is 0. The summed E-state index contributed by atoms with van der Waals surface area (Å²) in [6, 6.07) is 0. The molecule has 0 spiro atoms. The van der Waals surface area contributed by atoms with Crippen LogP contribution in [0.3, 0.4) is 0 Å². The molecule has 0 aliphatic heterocycles. The van der Waals surface area contributed by atoms with E-state index in [0.717, 1.165) is 24.4 Å². The minimum atomic E-state index is 0.526. The van der Waals surface area contributed by atoms with Gasteiger partial charge in [0.25, 0.3) is 0 Å². The highest BCUT2D eigenvalue weighted by Gasteiger charge is 2.38. The van der Waals surface area contributed by atoms with Crippen molar-refractivity contribution in [3.05, 3.63) is 0 Å². The average molecular weight is 252 g/mol. The van der Waals surface area contributed by atoms with Crippen molar-refractivity contribution in [2.75, 3.05) is 6.61 Å². The van der Waals surface area contributed by atoms with Crippen LogP contribution in [0.15, 0.2) is 0 Å². The zero-order chi connectivity index (χ0) is 12.8. The van der Waals surface area contributed by atoms with Crippen molar-refractivity contribution in [3.63, 3.8) is 0 Å². The molecule has 1 heteroatoms. The van der Waals surface area contributed by atoms with Gasteiger partial charge in [-0.2, -0.15) is 0 Å². The van der Waals surface area contributed by atoms with E-state index < -0.39 is 0 Å². The van der Waals surface area contributed by atoms with E-state index in [4.69, 9.17) is 4.74 Å². The second kappa shape index (κ2) is 7.53. The van der Waals surface area contributed by atoms with Gasteiger partial charge in [0.05, 0.1) is 6.10 Å². The minimum absolute atomic E-state index is 0.526. The largest absolute Gasteiger partial charge is 0.379 e. The maximum absolute atomic E-state index is 5.73. The molecular weight excluding hydrogens is 220 g/mol. The third-order valence-corrected chi connectivity index (χ3v) is 5.44. The summed E-state index contributed by atoms with van der Waals surface area (Å²) >= 11 is 0. The molecule has 2 rings (SSSR count). The monoisotopic (exact) mass is 252 g/mol. The van der Waals surface area contributed by atoms with E-state index in [-0.39, 0.29) is 0 Å². The van der Waals surface area contributed by atoms with E-state index in [0.29, 0.717) is 6.10 Å². The lowest BCUT2D eigenvalue weighted by molar-refractivity contribution is 0.0520. The van der Waals surface area contributed by atoms with Crippen molar-refractivity contribution in [2.24, 2.45) is 17.8 Å². The van der Waals surface area contributed by atoms with E-state index in [1.165, 1.54) is 44.9 Å². The Morgan fingerprint density at radius 3 is 2.72 bits per heavy atom. The second-order valence-corrected chi connectivity index (χ2v) is 6.46. The van der Waals surface area contributed by atoms with Gasteiger partial charge in [0.2, 0.25) is 0 Å². The van der Waals surface area contributed by atoms with Gasteiger partial charge in [-0.25, -0.2) is 0 Å². The number of fused-ring (bicyclic) bond motifs is 1. The van der Waals surface area contributed by atoms with Crippen molar-refractivity contribution in [1.82, 2.24) is 0 Å². The van der Waals surface area contributed by atoms with Crippen molar-refractivity contribution in [2.45, 2.75) is 84.2 Å². The number of rotatable bonds is 8. The molecule has 2 aliphatic rings. The molecule has 106 valence electrons. The van der Waals surface area contributed by atoms with Gasteiger partial charge in [0.15, 0.2) is 0 Å². The number of hydrogen-bond acceptors (Lipinski definition) is 1. The minimum Gasteiger partial charge on any atom is -0.379 e. The fourth-order valence-corrected chi connectivity index (χ4v) is 4.46. The fraction of sp³-hybridized carbons (Fsp3) is 1.00. The third kappa shape index (κ3) is 3.73. The highest BCUT2D eigenvalue weighted by atomic mass is 16.5. The Morgan fingerprint density at radius 1 is 1.06 bits per heavy atom. The van der Waals surface area contributed by atoms with Gasteiger partial charge in [0.1, 0.15) is 0 Å². The molecule has 0 N–H and O–H groups in total. The molecule has 0 aromatic carbocycles. The van der Waals surface area contributed by atoms with Gasteiger partial charge in [-0.15, -0.1) is 0 Å². The third-order valence-electron chi connectivity index (χ3n) is 5.44. The first-order valence-corrected chi connectivity index (χ1v) is 8.46. The molecule has 0 radical (unpaired) electrons. The topological polar surface area (TPSA) is 9.23 Å². The molecule has 0 amide bonds. The lowest BCUT2D eigenvalue weighted by Crippen LogP contribution is -2.12. The standard InChI is InChI=1S/C17H32O/c1-3-16(18-4-2)10-6-5-8-14-12-13-15-9-7-11-17(14)15/h14-17H,3-13H2,1-2H3. The van der Waals surface area contributed by atoms with Crippen LogP contribution in [0.5, 0.6) is 0 Å². The Morgan fingerprint density at radius 2 is 1.94 bits per heavy atom. The first-order chi connectivity index (χ1) is 8.85. The average Bonchev–Trinajstić information content (AvgIpc) is 2.97. The Hall–Kier alpha value is -0.0400. The maximum Gasteiger partial charge on any atom is 0.0572 e. The van der Waals surface area contributed by atoms with Crippen molar-refractivity contribution < 1.29 is 4.74 Å². The lowest BCUT2D eigenvalue weighted by atomic mass is 9.88. The van der Waals surface area contributed by atoms with Crippen molar-refractivity contribution >= 4 is 0 Å². The Labute approximate surface area is 114 Å². The van der Waals surface area contributed by atoms with Crippen LogP contribution in [0.2, 0.25) is 0 Å². The molecule has 2 aliphatic carbocycles. The van der Waals surface area contributed by atoms with Crippen LogP contribution >= 0.6 is 0 Å². The van der Waals surface area contributed by atoms with Gasteiger partial charge in [-0.05, 0) is 56.8 Å². The first kappa shape index (κ1) is 14.4. The first-order valence-electron chi connectivity index (χ1n) is 8.46. The zero-order valence-electron chi connectivity index (χ0n) is 12.5. The van der Waals surface area contributed by atoms with Crippen LogP contribution in [0, 0.1) is 17.8 Å². The summed E-state index contributed by atoms with van der Waals surface area (Å²) in [5.74, 6) is 3.34. The normalized spacial score (nSPS) is 32.7. The molecule has 0 bridgehead atoms. The van der Waals surface area contributed by atoms with E-state index in [1.54, 1.807) is 19.3 Å². The van der Waals surface area contributed by atoms with E-state index >= 15 is 0 Å². The molecule has 2 fully saturated rings. The summed E-state index contributed by atoms with van der Waals surface area (Å²) in [6.07, 6.45) is 15.0. The van der Waals surface area contributed by atoms with Gasteiger partial charge in [0, 0.05) is 6.61 Å². The molecule has 18 heavy (non-hydrogen) atoms. The number of ether oxygens (including phenoxy) is 1. The SMILES string of the molecule is CCOC(CC)CCCCC1CCC2CCCC12. The highest BCUT2D eigenvalue weighted by molar-refractivity contribution is 4.88. The van der Waals surface area contributed by atoms with Crippen LogP contribution in [-0.2, 0) is 4.74 Å². The molecule has 4 unspecified atom stereocenters. The lowest BCUT2D eigenvalue weighted by Gasteiger charge is -2.19. The van der Waals surface area contributed by atoms with Crippen LogP contribution in [-0.4, -0.2) is 12.7 Å². The molecule has 0 aromatic rings. The fourth-order valence-electron chi connectivity index (χ4n) is 4.46. The highest BCUT2D eigenvalue weighted by Crippen LogP contribution is 2.49. The Balaban J connectivity index is 1.58. The molecule has 0 aromatic heterocycles. The summed E-state index contributed by atoms with van der Waals surface area (Å²) in [5, 5.41) is 0. The molecule has 0 heterocycles. The van der Waals surface area contributed by atoms with Crippen LogP contribution in [0.1, 0.15) is 78.1 Å². The predicted octanol–water partition coefficient (Wildman–Crippen LogP) is 5.19. The summed E-state index contributed by atoms with van der Waals surface area (Å²) in [6.45, 7) is 5.24. The van der Waals surface area contributed by atoms with Crippen molar-refractivity contribution in [3.8, 4) is 0 Å². The van der Waals surface area contributed by atoms with Crippen LogP contribution in [0.4, 0.5) is 0 Å². The van der Waals surface area contributed by atoms with E-state index in [9.17, 15) is 0 Å². The summed E-state index contributed by atoms with van der Waals surface area (Å²) in [5.41, 5.74) is 0. The van der Waals surface area contributed by atoms with Gasteiger partial charge < -0.3 is 4.74 Å². The molecule has 4 atom stereocenters. The molecule has 1 nitrogen and oxygen atoms in total. The second-order valence-electron chi connectivity index (χ2n) is 6.46. The van der Waals surface area contributed by atoms with Gasteiger partial charge >= 0.3 is 0 Å². The van der Waals surface area contributed by atoms with Gasteiger partial charge in [-0.3, -0.25) is 0 Å². The summed E-state index contributed by atoms with van der Waals surface area (Å²) < 4.78 is 5.73. The van der Waals surface area contributed by atoms with Gasteiger partial charge in [-0.1, -0.05) is 39.0 Å². The Bertz CT molecular complexity index is 226. The number of hydrogen-bond donors (Lipinski definition) is 0. The van der Waals surface area contributed by atoms with Crippen LogP contribution < -0.4 is 0 Å². The molecular formula is C17H32O. The van der Waals surface area contributed by atoms with Crippen LogP contribution in [0.25, 0.3) is 0 Å². The predicted molar refractivity (Wildman–Crippen MR) is 77.7 cm³/mol. The van der Waals surface area contributed by atoms with Crippen molar-refractivity contribution in [1.29, 1.82) is 0 Å². The Kier molecular flexibility index (Phi) is 6.01. The summed E-state index contributed by atoms with van der Waals surface area (Å²) in [7, 11) is 0. The maximum atomic E-state index is 5.73.